The highest BCUT2D eigenvalue weighted by molar-refractivity contribution is 8.00. The minimum Gasteiger partial charge on any atom is -0.301 e. The summed E-state index contributed by atoms with van der Waals surface area (Å²) >= 11 is 5.21. The second-order valence-corrected chi connectivity index (χ2v) is 11.9. The van der Waals surface area contributed by atoms with Gasteiger partial charge in [0.25, 0.3) is 0 Å². The average molecular weight is 537 g/mol. The van der Waals surface area contributed by atoms with Gasteiger partial charge in [-0.1, -0.05) is 127 Å². The summed E-state index contributed by atoms with van der Waals surface area (Å²) in [6.07, 6.45) is 0. The Labute approximate surface area is 228 Å². The highest BCUT2D eigenvalue weighted by Crippen LogP contribution is 2.40. The van der Waals surface area contributed by atoms with E-state index in [4.69, 9.17) is 10.1 Å². The Kier molecular flexibility index (Phi) is 7.35. The molecule has 0 saturated heterocycles. The van der Waals surface area contributed by atoms with Crippen molar-refractivity contribution in [2.24, 2.45) is 0 Å². The Bertz CT molecular complexity index is 1510. The number of aromatic nitrogens is 4. The normalized spacial score (nSPS) is 11.4. The van der Waals surface area contributed by atoms with E-state index in [9.17, 15) is 0 Å². The fourth-order valence-electron chi connectivity index (χ4n) is 4.17. The number of thiazole rings is 1. The third kappa shape index (κ3) is 5.64. The molecule has 0 N–H and O–H groups in total. The average Bonchev–Trinajstić information content (AvgIpc) is 3.55. The fraction of sp³-hybridized carbons (Fsp3) is 0.100. The van der Waals surface area contributed by atoms with Crippen LogP contribution in [0.25, 0.3) is 10.2 Å². The summed E-state index contributed by atoms with van der Waals surface area (Å²) in [6.45, 7) is 0.724. The van der Waals surface area contributed by atoms with Crippen molar-refractivity contribution < 1.29 is 0 Å². The van der Waals surface area contributed by atoms with Crippen LogP contribution in [0.15, 0.2) is 125 Å². The van der Waals surface area contributed by atoms with Gasteiger partial charge in [-0.25, -0.2) is 4.98 Å². The maximum Gasteiger partial charge on any atom is 0.192 e. The Hall–Kier alpha value is -3.39. The molecule has 6 rings (SSSR count). The zero-order valence-corrected chi connectivity index (χ0v) is 22.4. The quantitative estimate of drug-likeness (QED) is 0.175. The van der Waals surface area contributed by atoms with E-state index in [2.05, 4.69) is 119 Å². The van der Waals surface area contributed by atoms with Crippen molar-refractivity contribution in [3.8, 4) is 0 Å². The number of thioether (sulfide) groups is 2. The number of fused-ring (bicyclic) bond motifs is 1. The molecule has 0 aliphatic carbocycles. The summed E-state index contributed by atoms with van der Waals surface area (Å²) < 4.78 is 4.52. The third-order valence-electron chi connectivity index (χ3n) is 6.00. The first kappa shape index (κ1) is 24.0. The second-order valence-electron chi connectivity index (χ2n) is 8.53. The lowest BCUT2D eigenvalue weighted by atomic mass is 10.0. The van der Waals surface area contributed by atoms with Gasteiger partial charge in [0.2, 0.25) is 0 Å². The van der Waals surface area contributed by atoms with Gasteiger partial charge in [0.15, 0.2) is 9.50 Å². The zero-order valence-electron chi connectivity index (χ0n) is 20.0. The SMILES string of the molecule is c1ccc(Cn2c(CSc3nc4ccccc4s3)nnc2SC(c2ccccc2)c2ccccc2)cc1. The van der Waals surface area contributed by atoms with Crippen LogP contribution in [0.5, 0.6) is 0 Å². The molecule has 0 radical (unpaired) electrons. The van der Waals surface area contributed by atoms with E-state index in [1.807, 2.05) is 6.07 Å². The van der Waals surface area contributed by atoms with Gasteiger partial charge in [-0.05, 0) is 28.8 Å². The van der Waals surface area contributed by atoms with Crippen LogP contribution >= 0.6 is 34.9 Å². The summed E-state index contributed by atoms with van der Waals surface area (Å²) in [5.41, 5.74) is 4.77. The van der Waals surface area contributed by atoms with E-state index in [-0.39, 0.29) is 5.25 Å². The monoisotopic (exact) mass is 536 g/mol. The molecule has 0 unspecified atom stereocenters. The molecule has 0 saturated carbocycles. The standard InChI is InChI=1S/C30H24N4S3/c1-4-12-22(13-5-1)20-34-27(21-35-30-31-25-18-10-11-19-26(25)36-30)32-33-29(34)37-28(23-14-6-2-7-15-23)24-16-8-3-9-17-24/h1-19,28H,20-21H2. The van der Waals surface area contributed by atoms with Crippen molar-refractivity contribution in [3.05, 3.63) is 138 Å². The summed E-state index contributed by atoms with van der Waals surface area (Å²) in [6, 6.07) is 40.1. The molecule has 0 aliphatic rings. The topological polar surface area (TPSA) is 43.6 Å². The van der Waals surface area contributed by atoms with Crippen molar-refractivity contribution in [1.82, 2.24) is 19.7 Å². The first-order valence-electron chi connectivity index (χ1n) is 12.0. The number of benzene rings is 4. The molecule has 2 aromatic heterocycles. The van der Waals surface area contributed by atoms with Crippen molar-refractivity contribution in [1.29, 1.82) is 0 Å². The van der Waals surface area contributed by atoms with E-state index in [0.29, 0.717) is 5.75 Å². The molecule has 37 heavy (non-hydrogen) atoms. The summed E-state index contributed by atoms with van der Waals surface area (Å²) in [4.78, 5) is 4.79. The lowest BCUT2D eigenvalue weighted by Crippen LogP contribution is -2.07. The molecule has 0 atom stereocenters. The van der Waals surface area contributed by atoms with Gasteiger partial charge in [-0.15, -0.1) is 21.5 Å². The highest BCUT2D eigenvalue weighted by atomic mass is 32.2. The van der Waals surface area contributed by atoms with E-state index < -0.39 is 0 Å². The van der Waals surface area contributed by atoms with Gasteiger partial charge in [0.05, 0.1) is 27.8 Å². The minimum atomic E-state index is 0.117. The number of rotatable bonds is 9. The van der Waals surface area contributed by atoms with Crippen LogP contribution in [-0.2, 0) is 12.3 Å². The molecule has 7 heteroatoms. The van der Waals surface area contributed by atoms with Gasteiger partial charge in [0.1, 0.15) is 5.82 Å². The van der Waals surface area contributed by atoms with Crippen LogP contribution in [0.3, 0.4) is 0 Å². The molecule has 0 fully saturated rings. The summed E-state index contributed by atoms with van der Waals surface area (Å²) in [7, 11) is 0. The lowest BCUT2D eigenvalue weighted by molar-refractivity contribution is 0.684. The molecule has 2 heterocycles. The minimum absolute atomic E-state index is 0.117. The van der Waals surface area contributed by atoms with Gasteiger partial charge in [0, 0.05) is 0 Å². The van der Waals surface area contributed by atoms with Gasteiger partial charge >= 0.3 is 0 Å². The lowest BCUT2D eigenvalue weighted by Gasteiger charge is -2.18. The Morgan fingerprint density at radius 2 is 1.32 bits per heavy atom. The van der Waals surface area contributed by atoms with E-state index in [1.165, 1.54) is 21.4 Å². The summed E-state index contributed by atoms with van der Waals surface area (Å²) in [5, 5.41) is 10.4. The van der Waals surface area contributed by atoms with Crippen LogP contribution in [0.2, 0.25) is 0 Å². The van der Waals surface area contributed by atoms with Crippen LogP contribution in [0.4, 0.5) is 0 Å². The van der Waals surface area contributed by atoms with Crippen molar-refractivity contribution in [2.75, 3.05) is 0 Å². The van der Waals surface area contributed by atoms with Crippen molar-refractivity contribution >= 4 is 45.1 Å². The molecule has 0 amide bonds. The largest absolute Gasteiger partial charge is 0.301 e. The molecule has 6 aromatic rings. The number of hydrogen-bond acceptors (Lipinski definition) is 6. The molecule has 182 valence electrons. The predicted molar refractivity (Wildman–Crippen MR) is 155 cm³/mol. The van der Waals surface area contributed by atoms with Gasteiger partial charge in [-0.2, -0.15) is 0 Å². The van der Waals surface area contributed by atoms with Crippen LogP contribution in [-0.4, -0.2) is 19.7 Å². The number of hydrogen-bond donors (Lipinski definition) is 0. The van der Waals surface area contributed by atoms with Gasteiger partial charge < -0.3 is 4.57 Å². The number of para-hydroxylation sites is 1. The van der Waals surface area contributed by atoms with Crippen LogP contribution in [0, 0.1) is 0 Å². The predicted octanol–water partition coefficient (Wildman–Crippen LogP) is 8.11. The van der Waals surface area contributed by atoms with E-state index in [0.717, 1.165) is 27.4 Å². The second kappa shape index (κ2) is 11.3. The van der Waals surface area contributed by atoms with Crippen molar-refractivity contribution in [3.63, 3.8) is 0 Å². The molecule has 0 aliphatic heterocycles. The van der Waals surface area contributed by atoms with Crippen molar-refractivity contribution in [2.45, 2.75) is 27.0 Å². The first-order valence-corrected chi connectivity index (χ1v) is 14.7. The van der Waals surface area contributed by atoms with Crippen LogP contribution in [0.1, 0.15) is 27.8 Å². The molecule has 0 bridgehead atoms. The zero-order chi connectivity index (χ0) is 24.9. The van der Waals surface area contributed by atoms with E-state index >= 15 is 0 Å². The first-order chi connectivity index (χ1) is 18.3. The van der Waals surface area contributed by atoms with Crippen LogP contribution < -0.4 is 0 Å². The highest BCUT2D eigenvalue weighted by Gasteiger charge is 2.21. The number of nitrogens with zero attached hydrogens (tertiary/aromatic N) is 4. The Balaban J connectivity index is 1.32. The Morgan fingerprint density at radius 3 is 2.00 bits per heavy atom. The third-order valence-corrected chi connectivity index (χ3v) is 9.47. The molecular formula is C30H24N4S3. The summed E-state index contributed by atoms with van der Waals surface area (Å²) in [5.74, 6) is 1.66. The molecule has 4 aromatic carbocycles. The molecule has 0 spiro atoms. The van der Waals surface area contributed by atoms with E-state index in [1.54, 1.807) is 34.9 Å². The molecular weight excluding hydrogens is 513 g/mol. The fourth-order valence-corrected chi connectivity index (χ4v) is 7.36. The molecule has 4 nitrogen and oxygen atoms in total. The van der Waals surface area contributed by atoms with Gasteiger partial charge in [-0.3, -0.25) is 0 Å². The Morgan fingerprint density at radius 1 is 0.703 bits per heavy atom. The maximum absolute atomic E-state index is 4.79. The smallest absolute Gasteiger partial charge is 0.192 e. The maximum atomic E-state index is 4.79.